The number of benzene rings is 2. The average Bonchev–Trinajstić information content (AvgIpc) is 2.60. The zero-order chi connectivity index (χ0) is 18.7. The molecule has 0 fully saturated rings. The Labute approximate surface area is 157 Å². The number of anilines is 2. The summed E-state index contributed by atoms with van der Waals surface area (Å²) in [5.41, 5.74) is 6.42. The second-order valence-corrected chi connectivity index (χ2v) is 6.58. The first-order valence-corrected chi connectivity index (χ1v) is 8.53. The van der Waals surface area contributed by atoms with Gasteiger partial charge in [0, 0.05) is 16.7 Å². The number of hydrogen-bond donors (Lipinski definition) is 2. The van der Waals surface area contributed by atoms with Gasteiger partial charge in [-0.05, 0) is 23.8 Å². The van der Waals surface area contributed by atoms with Crippen LogP contribution in [0.25, 0.3) is 0 Å². The number of halogens is 2. The smallest absolute Gasteiger partial charge is 0.252 e. The minimum absolute atomic E-state index is 0.0999. The highest BCUT2D eigenvalue weighted by Gasteiger charge is 2.14. The molecule has 0 unspecified atom stereocenters. The maximum atomic E-state index is 14.0. The molecule has 0 atom stereocenters. The molecule has 0 aliphatic heterocycles. The largest absolute Gasteiger partial charge is 0.365 e. The predicted octanol–water partition coefficient (Wildman–Crippen LogP) is 3.64. The van der Waals surface area contributed by atoms with E-state index < -0.39 is 11.7 Å². The number of aromatic nitrogens is 1. The molecule has 3 aromatic rings. The van der Waals surface area contributed by atoms with E-state index in [0.717, 1.165) is 5.56 Å². The number of nitrogens with one attached hydrogen (secondary N) is 1. The maximum Gasteiger partial charge on any atom is 0.252 e. The lowest BCUT2D eigenvalue weighted by atomic mass is 10.2. The maximum absolute atomic E-state index is 14.0. The van der Waals surface area contributed by atoms with Crippen molar-refractivity contribution < 1.29 is 9.18 Å². The van der Waals surface area contributed by atoms with Gasteiger partial charge in [0.2, 0.25) is 0 Å². The molecule has 1 amide bonds. The molecule has 2 aromatic carbocycles. The van der Waals surface area contributed by atoms with Crippen molar-refractivity contribution in [2.45, 2.75) is 6.54 Å². The highest BCUT2D eigenvalue weighted by Crippen LogP contribution is 2.24. The normalized spacial score (nSPS) is 10.5. The molecule has 1 heterocycles. The van der Waals surface area contributed by atoms with E-state index in [1.54, 1.807) is 6.07 Å². The van der Waals surface area contributed by atoms with Crippen molar-refractivity contribution in [2.75, 3.05) is 5.32 Å². The molecule has 26 heavy (non-hydrogen) atoms. The Balaban J connectivity index is 1.99. The van der Waals surface area contributed by atoms with Crippen LogP contribution in [0.5, 0.6) is 0 Å². The molecule has 7 heteroatoms. The zero-order valence-electron chi connectivity index (χ0n) is 13.6. The van der Waals surface area contributed by atoms with Crippen LogP contribution in [0.3, 0.4) is 0 Å². The minimum atomic E-state index is -0.716. The van der Waals surface area contributed by atoms with Gasteiger partial charge in [0.25, 0.3) is 11.5 Å². The summed E-state index contributed by atoms with van der Waals surface area (Å²) in [7, 11) is 0. The molecule has 0 bridgehead atoms. The number of rotatable bonds is 5. The SMILES string of the molecule is NC(=O)c1cn(Cc2ccccc2)c(=O)cc1Nc1ccc(Br)cc1F. The van der Waals surface area contributed by atoms with Gasteiger partial charge in [0.15, 0.2) is 0 Å². The number of carbonyl (C=O) groups is 1. The highest BCUT2D eigenvalue weighted by atomic mass is 79.9. The topological polar surface area (TPSA) is 77.1 Å². The molecule has 3 rings (SSSR count). The van der Waals surface area contributed by atoms with Gasteiger partial charge in [-0.25, -0.2) is 4.39 Å². The number of primary amides is 1. The first-order valence-electron chi connectivity index (χ1n) is 7.74. The van der Waals surface area contributed by atoms with Crippen molar-refractivity contribution >= 4 is 33.2 Å². The molecule has 0 spiro atoms. The second-order valence-electron chi connectivity index (χ2n) is 5.67. The van der Waals surface area contributed by atoms with Gasteiger partial charge < -0.3 is 15.6 Å². The van der Waals surface area contributed by atoms with E-state index >= 15 is 0 Å². The van der Waals surface area contributed by atoms with Gasteiger partial charge in [-0.15, -0.1) is 0 Å². The van der Waals surface area contributed by atoms with Gasteiger partial charge in [-0.3, -0.25) is 9.59 Å². The van der Waals surface area contributed by atoms with Gasteiger partial charge in [0.05, 0.1) is 23.5 Å². The van der Waals surface area contributed by atoms with Crippen LogP contribution >= 0.6 is 15.9 Å². The quantitative estimate of drug-likeness (QED) is 0.667. The van der Waals surface area contributed by atoms with E-state index in [9.17, 15) is 14.0 Å². The van der Waals surface area contributed by atoms with E-state index in [-0.39, 0.29) is 22.5 Å². The third-order valence-electron chi connectivity index (χ3n) is 3.79. The number of hydrogen-bond acceptors (Lipinski definition) is 3. The van der Waals surface area contributed by atoms with Gasteiger partial charge in [-0.2, -0.15) is 0 Å². The number of carbonyl (C=O) groups excluding carboxylic acids is 1. The first-order chi connectivity index (χ1) is 12.4. The van der Waals surface area contributed by atoms with Crippen molar-refractivity contribution in [3.05, 3.63) is 92.6 Å². The van der Waals surface area contributed by atoms with E-state index in [2.05, 4.69) is 21.2 Å². The van der Waals surface area contributed by atoms with Crippen LogP contribution in [0.1, 0.15) is 15.9 Å². The standard InChI is InChI=1S/C19H15BrFN3O2/c20-13-6-7-16(15(21)8-13)23-17-9-18(25)24(11-14(17)19(22)26)10-12-4-2-1-3-5-12/h1-9,11,23H,10H2,(H2,22,26). The van der Waals surface area contributed by atoms with Crippen LogP contribution in [-0.2, 0) is 6.54 Å². The Morgan fingerprint density at radius 2 is 1.85 bits per heavy atom. The highest BCUT2D eigenvalue weighted by molar-refractivity contribution is 9.10. The van der Waals surface area contributed by atoms with E-state index in [0.29, 0.717) is 11.0 Å². The summed E-state index contributed by atoms with van der Waals surface area (Å²) < 4.78 is 16.0. The van der Waals surface area contributed by atoms with Gasteiger partial charge in [-0.1, -0.05) is 46.3 Å². The Morgan fingerprint density at radius 1 is 1.12 bits per heavy atom. The van der Waals surface area contributed by atoms with Crippen LogP contribution in [-0.4, -0.2) is 10.5 Å². The molecule has 1 aromatic heterocycles. The summed E-state index contributed by atoms with van der Waals surface area (Å²) in [5, 5.41) is 2.77. The van der Waals surface area contributed by atoms with Gasteiger partial charge in [0.1, 0.15) is 5.82 Å². The zero-order valence-corrected chi connectivity index (χ0v) is 15.2. The Hall–Kier alpha value is -2.93. The van der Waals surface area contributed by atoms with Crippen molar-refractivity contribution in [3.8, 4) is 0 Å². The fourth-order valence-corrected chi connectivity index (χ4v) is 2.85. The Kier molecular flexibility index (Phi) is 5.18. The summed E-state index contributed by atoms with van der Waals surface area (Å²) in [6.07, 6.45) is 1.39. The molecule has 0 radical (unpaired) electrons. The predicted molar refractivity (Wildman–Crippen MR) is 102 cm³/mol. The number of amides is 1. The molecular formula is C19H15BrFN3O2. The van der Waals surface area contributed by atoms with E-state index in [1.165, 1.54) is 29.0 Å². The lowest BCUT2D eigenvalue weighted by Gasteiger charge is -2.14. The number of pyridine rings is 1. The summed E-state index contributed by atoms with van der Waals surface area (Å²) in [6, 6.07) is 15.0. The molecule has 5 nitrogen and oxygen atoms in total. The average molecular weight is 416 g/mol. The Morgan fingerprint density at radius 3 is 2.50 bits per heavy atom. The molecule has 0 aliphatic carbocycles. The second kappa shape index (κ2) is 7.53. The van der Waals surface area contributed by atoms with E-state index in [4.69, 9.17) is 5.73 Å². The molecule has 3 N–H and O–H groups in total. The van der Waals surface area contributed by atoms with Crippen molar-refractivity contribution in [2.24, 2.45) is 5.73 Å². The lowest BCUT2D eigenvalue weighted by molar-refractivity contribution is 0.100. The van der Waals surface area contributed by atoms with Gasteiger partial charge >= 0.3 is 0 Å². The third kappa shape index (κ3) is 4.00. The summed E-state index contributed by atoms with van der Waals surface area (Å²) in [6.45, 7) is 0.298. The number of nitrogens with two attached hydrogens (primary N) is 1. The fourth-order valence-electron chi connectivity index (χ4n) is 2.51. The van der Waals surface area contributed by atoms with Crippen LogP contribution in [0.15, 0.2) is 70.1 Å². The number of nitrogens with zero attached hydrogens (tertiary/aromatic N) is 1. The monoisotopic (exact) mass is 415 g/mol. The molecule has 0 saturated heterocycles. The minimum Gasteiger partial charge on any atom is -0.365 e. The summed E-state index contributed by atoms with van der Waals surface area (Å²) in [5.74, 6) is -1.24. The first kappa shape index (κ1) is 17.9. The van der Waals surface area contributed by atoms with Crippen molar-refractivity contribution in [1.29, 1.82) is 0 Å². The molecule has 0 aliphatic rings. The molecular weight excluding hydrogens is 401 g/mol. The molecule has 132 valence electrons. The summed E-state index contributed by atoms with van der Waals surface area (Å²) in [4.78, 5) is 24.3. The van der Waals surface area contributed by atoms with Crippen LogP contribution in [0.4, 0.5) is 15.8 Å². The van der Waals surface area contributed by atoms with Crippen molar-refractivity contribution in [3.63, 3.8) is 0 Å². The van der Waals surface area contributed by atoms with Crippen LogP contribution < -0.4 is 16.6 Å². The molecule has 0 saturated carbocycles. The Bertz CT molecular complexity index is 1020. The fraction of sp³-hybridized carbons (Fsp3) is 0.0526. The van der Waals surface area contributed by atoms with Crippen LogP contribution in [0, 0.1) is 5.82 Å². The van der Waals surface area contributed by atoms with Crippen LogP contribution in [0.2, 0.25) is 0 Å². The lowest BCUT2D eigenvalue weighted by Crippen LogP contribution is -2.24. The third-order valence-corrected chi connectivity index (χ3v) is 4.28. The summed E-state index contributed by atoms with van der Waals surface area (Å²) >= 11 is 3.18. The van der Waals surface area contributed by atoms with E-state index in [1.807, 2.05) is 30.3 Å². The van der Waals surface area contributed by atoms with Crippen molar-refractivity contribution in [1.82, 2.24) is 4.57 Å².